The lowest BCUT2D eigenvalue weighted by molar-refractivity contribution is 0.0600. The number of hydrogen-bond acceptors (Lipinski definition) is 3. The average molecular weight is 345 g/mol. The molecule has 0 aromatic heterocycles. The van der Waals surface area contributed by atoms with E-state index >= 15 is 0 Å². The van der Waals surface area contributed by atoms with Crippen LogP contribution in [0.4, 0.5) is 0 Å². The third-order valence-corrected chi connectivity index (χ3v) is 5.36. The van der Waals surface area contributed by atoms with Crippen molar-refractivity contribution in [3.63, 3.8) is 0 Å². The Morgan fingerprint density at radius 1 is 0.962 bits per heavy atom. The number of esters is 1. The number of rotatable bonds is 1. The van der Waals surface area contributed by atoms with Crippen LogP contribution in [0.5, 0.6) is 0 Å². The second-order valence-electron chi connectivity index (χ2n) is 7.00. The molecule has 132 valence electrons. The van der Waals surface area contributed by atoms with Crippen molar-refractivity contribution in [3.05, 3.63) is 75.9 Å². The van der Waals surface area contributed by atoms with E-state index in [1.807, 2.05) is 18.2 Å². The van der Waals surface area contributed by atoms with Gasteiger partial charge >= 0.3 is 5.97 Å². The van der Waals surface area contributed by atoms with Crippen molar-refractivity contribution in [2.75, 3.05) is 27.2 Å². The van der Waals surface area contributed by atoms with Crippen LogP contribution < -0.4 is 0 Å². The molecule has 0 bridgehead atoms. The van der Waals surface area contributed by atoms with Gasteiger partial charge in [0.15, 0.2) is 0 Å². The van der Waals surface area contributed by atoms with E-state index in [1.165, 1.54) is 29.4 Å². The van der Waals surface area contributed by atoms with Gasteiger partial charge < -0.3 is 9.64 Å². The predicted molar refractivity (Wildman–Crippen MR) is 106 cm³/mol. The molecule has 2 aliphatic rings. The van der Waals surface area contributed by atoms with E-state index in [9.17, 15) is 4.79 Å². The van der Waals surface area contributed by atoms with E-state index in [1.54, 1.807) is 0 Å². The van der Waals surface area contributed by atoms with E-state index in [2.05, 4.69) is 48.4 Å². The number of hydrogen-bond donors (Lipinski definition) is 0. The molecule has 2 aromatic rings. The molecule has 1 heterocycles. The zero-order valence-corrected chi connectivity index (χ0v) is 15.3. The zero-order chi connectivity index (χ0) is 18.1. The maximum Gasteiger partial charge on any atom is 0.337 e. The lowest BCUT2D eigenvalue weighted by Gasteiger charge is -2.27. The minimum Gasteiger partial charge on any atom is -0.465 e. The molecule has 2 aromatic carbocycles. The molecule has 0 N–H and O–H groups in total. The van der Waals surface area contributed by atoms with Gasteiger partial charge in [-0.1, -0.05) is 48.1 Å². The molecule has 1 saturated heterocycles. The number of benzene rings is 2. The minimum atomic E-state index is -0.290. The molecule has 0 atom stereocenters. The second-order valence-corrected chi connectivity index (χ2v) is 7.00. The third-order valence-electron chi connectivity index (χ3n) is 5.36. The fraction of sp³-hybridized carbons (Fsp3) is 0.261. The van der Waals surface area contributed by atoms with Crippen LogP contribution in [0, 0.1) is 0 Å². The Labute approximate surface area is 154 Å². The number of nitrogens with zero attached hydrogens (tertiary/aromatic N) is 1. The monoisotopic (exact) mass is 345 g/mol. The molecular formula is C23H23NO2. The number of methoxy groups -OCH3 is 1. The highest BCUT2D eigenvalue weighted by Gasteiger charge is 2.22. The van der Waals surface area contributed by atoms with Crippen molar-refractivity contribution in [1.82, 2.24) is 4.90 Å². The van der Waals surface area contributed by atoms with Gasteiger partial charge in [0.2, 0.25) is 0 Å². The topological polar surface area (TPSA) is 29.5 Å². The third kappa shape index (κ3) is 2.99. The van der Waals surface area contributed by atoms with Crippen LogP contribution in [0.25, 0.3) is 17.7 Å². The number of likely N-dealkylation sites (tertiary alicyclic amines) is 1. The van der Waals surface area contributed by atoms with Crippen LogP contribution in [-0.2, 0) is 4.74 Å². The van der Waals surface area contributed by atoms with Crippen LogP contribution in [0.15, 0.2) is 48.0 Å². The van der Waals surface area contributed by atoms with E-state index in [4.69, 9.17) is 4.74 Å². The first-order chi connectivity index (χ1) is 12.7. The summed E-state index contributed by atoms with van der Waals surface area (Å²) in [5.41, 5.74) is 8.13. The number of carbonyl (C=O) groups excluding carboxylic acids is 1. The summed E-state index contributed by atoms with van der Waals surface area (Å²) in [5.74, 6) is -0.290. The SMILES string of the molecule is COC(=O)c1ccc2c(c1)C(=C1CCN(C)CC1)c1ccccc1C=C2. The van der Waals surface area contributed by atoms with Crippen molar-refractivity contribution < 1.29 is 9.53 Å². The van der Waals surface area contributed by atoms with Gasteiger partial charge in [-0.25, -0.2) is 4.79 Å². The van der Waals surface area contributed by atoms with Gasteiger partial charge in [0.25, 0.3) is 0 Å². The summed E-state index contributed by atoms with van der Waals surface area (Å²) >= 11 is 0. The van der Waals surface area contributed by atoms with Crippen LogP contribution >= 0.6 is 0 Å². The van der Waals surface area contributed by atoms with Crippen molar-refractivity contribution >= 4 is 23.7 Å². The lowest BCUT2D eigenvalue weighted by atomic mass is 9.85. The number of carbonyl (C=O) groups is 1. The molecule has 0 amide bonds. The van der Waals surface area contributed by atoms with Crippen LogP contribution in [0.1, 0.15) is 45.5 Å². The fourth-order valence-corrected chi connectivity index (χ4v) is 3.88. The zero-order valence-electron chi connectivity index (χ0n) is 15.3. The fourth-order valence-electron chi connectivity index (χ4n) is 3.88. The van der Waals surface area contributed by atoms with Crippen LogP contribution in [-0.4, -0.2) is 38.1 Å². The van der Waals surface area contributed by atoms with Crippen molar-refractivity contribution in [2.24, 2.45) is 0 Å². The number of fused-ring (bicyclic) bond motifs is 2. The van der Waals surface area contributed by atoms with Crippen molar-refractivity contribution in [1.29, 1.82) is 0 Å². The van der Waals surface area contributed by atoms with Gasteiger partial charge in [-0.3, -0.25) is 0 Å². The summed E-state index contributed by atoms with van der Waals surface area (Å²) in [6.07, 6.45) is 6.44. The molecule has 1 aliphatic heterocycles. The van der Waals surface area contributed by atoms with Crippen molar-refractivity contribution in [3.8, 4) is 0 Å². The Balaban J connectivity index is 1.95. The van der Waals surface area contributed by atoms with Crippen molar-refractivity contribution in [2.45, 2.75) is 12.8 Å². The van der Waals surface area contributed by atoms with Gasteiger partial charge in [-0.15, -0.1) is 0 Å². The Morgan fingerprint density at radius 2 is 1.65 bits per heavy atom. The van der Waals surface area contributed by atoms with Crippen LogP contribution in [0.2, 0.25) is 0 Å². The Bertz CT molecular complexity index is 914. The molecule has 0 saturated carbocycles. The Kier molecular flexibility index (Phi) is 4.48. The molecule has 0 radical (unpaired) electrons. The molecule has 3 heteroatoms. The molecule has 1 aliphatic carbocycles. The van der Waals surface area contributed by atoms with Gasteiger partial charge in [0.1, 0.15) is 0 Å². The summed E-state index contributed by atoms with van der Waals surface area (Å²) < 4.78 is 4.94. The lowest BCUT2D eigenvalue weighted by Crippen LogP contribution is -2.27. The molecular weight excluding hydrogens is 322 g/mol. The molecule has 1 fully saturated rings. The van der Waals surface area contributed by atoms with Crippen LogP contribution in [0.3, 0.4) is 0 Å². The highest BCUT2D eigenvalue weighted by molar-refractivity contribution is 5.98. The summed E-state index contributed by atoms with van der Waals surface area (Å²) in [6, 6.07) is 14.4. The predicted octanol–water partition coefficient (Wildman–Crippen LogP) is 4.48. The van der Waals surface area contributed by atoms with E-state index in [0.717, 1.165) is 37.1 Å². The molecule has 3 nitrogen and oxygen atoms in total. The average Bonchev–Trinajstić information content (AvgIpc) is 2.84. The summed E-state index contributed by atoms with van der Waals surface area (Å²) in [7, 11) is 3.60. The molecule has 0 unspecified atom stereocenters. The summed E-state index contributed by atoms with van der Waals surface area (Å²) in [5, 5.41) is 0. The maximum absolute atomic E-state index is 12.1. The minimum absolute atomic E-state index is 0.290. The maximum atomic E-state index is 12.1. The standard InChI is InChI=1S/C23H23NO2/c1-24-13-11-18(12-14-24)22-20-6-4-3-5-16(20)7-8-17-9-10-19(15-21(17)22)23(25)26-2/h3-10,15H,11-14H2,1-2H3. The van der Waals surface area contributed by atoms with Gasteiger partial charge in [-0.2, -0.15) is 0 Å². The van der Waals surface area contributed by atoms with Gasteiger partial charge in [0, 0.05) is 13.1 Å². The number of piperidine rings is 1. The Hall–Kier alpha value is -2.65. The first kappa shape index (κ1) is 16.8. The van der Waals surface area contributed by atoms with E-state index in [0.29, 0.717) is 5.56 Å². The van der Waals surface area contributed by atoms with E-state index in [-0.39, 0.29) is 5.97 Å². The largest absolute Gasteiger partial charge is 0.465 e. The molecule has 4 rings (SSSR count). The smallest absolute Gasteiger partial charge is 0.337 e. The highest BCUT2D eigenvalue weighted by Crippen LogP contribution is 2.39. The highest BCUT2D eigenvalue weighted by atomic mass is 16.5. The normalized spacial score (nSPS) is 16.7. The Morgan fingerprint density at radius 3 is 2.38 bits per heavy atom. The van der Waals surface area contributed by atoms with E-state index < -0.39 is 0 Å². The first-order valence-corrected chi connectivity index (χ1v) is 9.08. The summed E-state index contributed by atoms with van der Waals surface area (Å²) in [6.45, 7) is 2.14. The van der Waals surface area contributed by atoms with Gasteiger partial charge in [-0.05, 0) is 59.8 Å². The molecule has 0 spiro atoms. The summed E-state index contributed by atoms with van der Waals surface area (Å²) in [4.78, 5) is 14.5. The molecule has 26 heavy (non-hydrogen) atoms. The quantitative estimate of drug-likeness (QED) is 0.609. The second kappa shape index (κ2) is 6.93. The first-order valence-electron chi connectivity index (χ1n) is 9.08. The van der Waals surface area contributed by atoms with Gasteiger partial charge in [0.05, 0.1) is 12.7 Å². The number of ether oxygens (including phenoxy) is 1.